The third-order valence-corrected chi connectivity index (χ3v) is 5.48. The molecule has 1 saturated carbocycles. The summed E-state index contributed by atoms with van der Waals surface area (Å²) in [5.41, 5.74) is 0. The molecular formula is C12H15Cl2NO3S. The Balaban J connectivity index is 2.11. The van der Waals surface area contributed by atoms with Gasteiger partial charge in [-0.2, -0.15) is 0 Å². The summed E-state index contributed by atoms with van der Waals surface area (Å²) in [6.07, 6.45) is 2.21. The Kier molecular flexibility index (Phi) is 4.74. The minimum Gasteiger partial charge on any atom is -0.393 e. The van der Waals surface area contributed by atoms with Crippen molar-refractivity contribution in [3.8, 4) is 0 Å². The van der Waals surface area contributed by atoms with E-state index in [9.17, 15) is 13.5 Å². The van der Waals surface area contributed by atoms with Crippen molar-refractivity contribution in [1.29, 1.82) is 0 Å². The molecule has 19 heavy (non-hydrogen) atoms. The van der Waals surface area contributed by atoms with Gasteiger partial charge in [-0.15, -0.1) is 0 Å². The highest BCUT2D eigenvalue weighted by Crippen LogP contribution is 2.26. The number of aliphatic hydroxyl groups is 1. The third-order valence-electron chi connectivity index (χ3n) is 3.22. The molecule has 106 valence electrons. The van der Waals surface area contributed by atoms with Crippen LogP contribution in [0.15, 0.2) is 23.1 Å². The molecule has 4 nitrogen and oxygen atoms in total. The average molecular weight is 324 g/mol. The van der Waals surface area contributed by atoms with Crippen LogP contribution in [0.25, 0.3) is 0 Å². The Morgan fingerprint density at radius 1 is 1.11 bits per heavy atom. The molecule has 1 fully saturated rings. The van der Waals surface area contributed by atoms with Crippen molar-refractivity contribution in [2.75, 3.05) is 0 Å². The number of sulfonamides is 1. The minimum absolute atomic E-state index is 0.105. The normalized spacial score (nSPS) is 24.4. The quantitative estimate of drug-likeness (QED) is 0.898. The molecule has 0 unspecified atom stereocenters. The number of aliphatic hydroxyl groups excluding tert-OH is 1. The van der Waals surface area contributed by atoms with E-state index in [4.69, 9.17) is 23.2 Å². The predicted octanol–water partition coefficient (Wildman–Crippen LogP) is 2.58. The predicted molar refractivity (Wildman–Crippen MR) is 75.0 cm³/mol. The van der Waals surface area contributed by atoms with Crippen LogP contribution >= 0.6 is 23.2 Å². The van der Waals surface area contributed by atoms with Gasteiger partial charge in [-0.3, -0.25) is 0 Å². The number of hydrogen-bond acceptors (Lipinski definition) is 3. The molecule has 0 amide bonds. The second-order valence-corrected chi connectivity index (χ2v) is 7.23. The van der Waals surface area contributed by atoms with Gasteiger partial charge in [0.15, 0.2) is 0 Å². The van der Waals surface area contributed by atoms with Gasteiger partial charge in [0.25, 0.3) is 0 Å². The highest BCUT2D eigenvalue weighted by molar-refractivity contribution is 7.89. The monoisotopic (exact) mass is 323 g/mol. The van der Waals surface area contributed by atoms with Gasteiger partial charge in [0.1, 0.15) is 0 Å². The topological polar surface area (TPSA) is 66.4 Å². The molecule has 7 heteroatoms. The molecule has 0 heterocycles. The maximum absolute atomic E-state index is 12.2. The maximum atomic E-state index is 12.2. The maximum Gasteiger partial charge on any atom is 0.240 e. The lowest BCUT2D eigenvalue weighted by molar-refractivity contribution is 0.120. The van der Waals surface area contributed by atoms with Crippen molar-refractivity contribution in [1.82, 2.24) is 4.72 Å². The van der Waals surface area contributed by atoms with E-state index >= 15 is 0 Å². The number of hydrogen-bond donors (Lipinski definition) is 2. The van der Waals surface area contributed by atoms with E-state index in [1.54, 1.807) is 0 Å². The number of rotatable bonds is 3. The summed E-state index contributed by atoms with van der Waals surface area (Å²) < 4.78 is 27.0. The standard InChI is InChI=1S/C12H15Cl2NO3S/c13-11-6-5-10(7-12(11)14)19(17,18)15-8-1-3-9(16)4-2-8/h5-9,15-16H,1-4H2. The molecule has 2 rings (SSSR count). The third kappa shape index (κ3) is 3.83. The number of benzene rings is 1. The first-order valence-electron chi connectivity index (χ1n) is 6.04. The highest BCUT2D eigenvalue weighted by Gasteiger charge is 2.25. The first-order chi connectivity index (χ1) is 8.88. The van der Waals surface area contributed by atoms with Crippen LogP contribution in [-0.2, 0) is 10.0 Å². The summed E-state index contributed by atoms with van der Waals surface area (Å²) in [4.78, 5) is 0.105. The Labute approximate surface area is 122 Å². The highest BCUT2D eigenvalue weighted by atomic mass is 35.5. The van der Waals surface area contributed by atoms with Crippen molar-refractivity contribution >= 4 is 33.2 Å². The van der Waals surface area contributed by atoms with Crippen LogP contribution in [0.3, 0.4) is 0 Å². The van der Waals surface area contributed by atoms with Crippen LogP contribution in [0, 0.1) is 0 Å². The molecule has 0 atom stereocenters. The lowest BCUT2D eigenvalue weighted by atomic mass is 9.94. The van der Waals surface area contributed by atoms with Crippen molar-refractivity contribution in [2.24, 2.45) is 0 Å². The van der Waals surface area contributed by atoms with Crippen LogP contribution in [0.5, 0.6) is 0 Å². The first-order valence-corrected chi connectivity index (χ1v) is 8.28. The van der Waals surface area contributed by atoms with E-state index in [0.29, 0.717) is 30.7 Å². The van der Waals surface area contributed by atoms with E-state index in [-0.39, 0.29) is 22.1 Å². The molecular weight excluding hydrogens is 309 g/mol. The summed E-state index contributed by atoms with van der Waals surface area (Å²) in [5.74, 6) is 0. The second kappa shape index (κ2) is 5.97. The lowest BCUT2D eigenvalue weighted by Gasteiger charge is -2.26. The van der Waals surface area contributed by atoms with Gasteiger partial charge in [-0.05, 0) is 43.9 Å². The van der Waals surface area contributed by atoms with Gasteiger partial charge in [-0.1, -0.05) is 23.2 Å². The molecule has 1 aromatic rings. The van der Waals surface area contributed by atoms with Gasteiger partial charge in [-0.25, -0.2) is 13.1 Å². The summed E-state index contributed by atoms with van der Waals surface area (Å²) in [6, 6.07) is 4.09. The summed E-state index contributed by atoms with van der Waals surface area (Å²) >= 11 is 11.6. The summed E-state index contributed by atoms with van der Waals surface area (Å²) in [5, 5.41) is 9.93. The molecule has 1 aliphatic carbocycles. The molecule has 2 N–H and O–H groups in total. The van der Waals surface area contributed by atoms with E-state index < -0.39 is 10.0 Å². The molecule has 0 saturated heterocycles. The fourth-order valence-electron chi connectivity index (χ4n) is 2.13. The van der Waals surface area contributed by atoms with Crippen molar-refractivity contribution < 1.29 is 13.5 Å². The Hall–Kier alpha value is -0.330. The van der Waals surface area contributed by atoms with E-state index in [0.717, 1.165) is 0 Å². The number of nitrogens with one attached hydrogen (secondary N) is 1. The van der Waals surface area contributed by atoms with Crippen molar-refractivity contribution in [2.45, 2.75) is 42.7 Å². The van der Waals surface area contributed by atoms with E-state index in [1.807, 2.05) is 0 Å². The van der Waals surface area contributed by atoms with Crippen LogP contribution < -0.4 is 4.72 Å². The molecule has 1 aliphatic rings. The van der Waals surface area contributed by atoms with E-state index in [1.165, 1.54) is 18.2 Å². The van der Waals surface area contributed by atoms with Crippen LogP contribution in [0.4, 0.5) is 0 Å². The Morgan fingerprint density at radius 2 is 1.74 bits per heavy atom. The molecule has 0 aliphatic heterocycles. The minimum atomic E-state index is -3.59. The van der Waals surface area contributed by atoms with Crippen LogP contribution in [0.1, 0.15) is 25.7 Å². The van der Waals surface area contributed by atoms with Crippen LogP contribution in [-0.4, -0.2) is 25.7 Å². The smallest absolute Gasteiger partial charge is 0.240 e. The SMILES string of the molecule is O=S(=O)(NC1CCC(O)CC1)c1ccc(Cl)c(Cl)c1. The summed E-state index contributed by atoms with van der Waals surface area (Å²) in [6.45, 7) is 0. The zero-order valence-corrected chi connectivity index (χ0v) is 12.5. The zero-order valence-electron chi connectivity index (χ0n) is 10.1. The first kappa shape index (κ1) is 15.1. The fourth-order valence-corrected chi connectivity index (χ4v) is 3.82. The molecule has 0 aromatic heterocycles. The molecule has 0 radical (unpaired) electrons. The van der Waals surface area contributed by atoms with Crippen LogP contribution in [0.2, 0.25) is 10.0 Å². The van der Waals surface area contributed by atoms with Gasteiger partial charge in [0.2, 0.25) is 10.0 Å². The van der Waals surface area contributed by atoms with Gasteiger partial charge < -0.3 is 5.11 Å². The average Bonchev–Trinajstić information content (AvgIpc) is 2.35. The number of halogens is 2. The molecule has 0 spiro atoms. The van der Waals surface area contributed by atoms with E-state index in [2.05, 4.69) is 4.72 Å². The van der Waals surface area contributed by atoms with Crippen molar-refractivity contribution in [3.05, 3.63) is 28.2 Å². The molecule has 1 aromatic carbocycles. The van der Waals surface area contributed by atoms with Gasteiger partial charge in [0.05, 0.1) is 21.0 Å². The fraction of sp³-hybridized carbons (Fsp3) is 0.500. The summed E-state index contributed by atoms with van der Waals surface area (Å²) in [7, 11) is -3.59. The van der Waals surface area contributed by atoms with Crippen molar-refractivity contribution in [3.63, 3.8) is 0 Å². The largest absolute Gasteiger partial charge is 0.393 e. The lowest BCUT2D eigenvalue weighted by Crippen LogP contribution is -2.38. The second-order valence-electron chi connectivity index (χ2n) is 4.70. The van der Waals surface area contributed by atoms with Gasteiger partial charge >= 0.3 is 0 Å². The Morgan fingerprint density at radius 3 is 2.32 bits per heavy atom. The Bertz CT molecular complexity index is 554. The zero-order chi connectivity index (χ0) is 14.0. The van der Waals surface area contributed by atoms with Gasteiger partial charge in [0, 0.05) is 6.04 Å². The molecule has 0 bridgehead atoms.